The number of piperidine rings is 1. The highest BCUT2D eigenvalue weighted by molar-refractivity contribution is 5.86. The Bertz CT molecular complexity index is 414. The summed E-state index contributed by atoms with van der Waals surface area (Å²) >= 11 is 0. The van der Waals surface area contributed by atoms with E-state index in [1.54, 1.807) is 0 Å². The molecule has 1 N–H and O–H groups in total. The minimum absolute atomic E-state index is 0.0516. The molecule has 0 spiro atoms. The lowest BCUT2D eigenvalue weighted by atomic mass is 9.97. The molecule has 1 unspecified atom stereocenters. The van der Waals surface area contributed by atoms with E-state index in [0.29, 0.717) is 5.56 Å². The minimum Gasteiger partial charge on any atom is -0.307 e. The summed E-state index contributed by atoms with van der Waals surface area (Å²) in [5, 5.41) is 3.15. The molecule has 0 saturated carbocycles. The standard InChI is InChI=1S/C13H15F2NO/c14-10-5-4-9(7-11(10)15)8-13(17)12-3-1-2-6-16-12/h4-5,7,12,16H,1-3,6,8H2. The van der Waals surface area contributed by atoms with E-state index in [1.165, 1.54) is 6.07 Å². The Hall–Kier alpha value is -1.29. The Kier molecular flexibility index (Phi) is 3.84. The second-order valence-corrected chi connectivity index (χ2v) is 4.39. The lowest BCUT2D eigenvalue weighted by molar-refractivity contribution is -0.120. The van der Waals surface area contributed by atoms with Gasteiger partial charge in [-0.1, -0.05) is 12.5 Å². The summed E-state index contributed by atoms with van der Waals surface area (Å²) in [5.74, 6) is -1.72. The van der Waals surface area contributed by atoms with Gasteiger partial charge in [-0.2, -0.15) is 0 Å². The quantitative estimate of drug-likeness (QED) is 0.876. The van der Waals surface area contributed by atoms with Crippen LogP contribution in [0.4, 0.5) is 8.78 Å². The van der Waals surface area contributed by atoms with Crippen molar-refractivity contribution < 1.29 is 13.6 Å². The predicted molar refractivity (Wildman–Crippen MR) is 60.7 cm³/mol. The molecule has 17 heavy (non-hydrogen) atoms. The molecular formula is C13H15F2NO. The van der Waals surface area contributed by atoms with Crippen LogP contribution in [0.15, 0.2) is 18.2 Å². The third kappa shape index (κ3) is 3.09. The average molecular weight is 239 g/mol. The number of halogens is 2. The van der Waals surface area contributed by atoms with Crippen LogP contribution >= 0.6 is 0 Å². The van der Waals surface area contributed by atoms with Gasteiger partial charge in [-0.25, -0.2) is 8.78 Å². The first-order chi connectivity index (χ1) is 8.16. The third-order valence-electron chi connectivity index (χ3n) is 3.06. The van der Waals surface area contributed by atoms with Gasteiger partial charge in [-0.15, -0.1) is 0 Å². The molecule has 2 rings (SSSR count). The molecule has 0 aromatic heterocycles. The molecule has 1 heterocycles. The molecule has 92 valence electrons. The number of benzene rings is 1. The van der Waals surface area contributed by atoms with Crippen molar-refractivity contribution in [2.75, 3.05) is 6.54 Å². The fourth-order valence-electron chi connectivity index (χ4n) is 2.10. The van der Waals surface area contributed by atoms with Crippen LogP contribution in [-0.4, -0.2) is 18.4 Å². The molecule has 1 aromatic carbocycles. The smallest absolute Gasteiger partial charge is 0.159 e. The second kappa shape index (κ2) is 5.36. The van der Waals surface area contributed by atoms with E-state index >= 15 is 0 Å². The van der Waals surface area contributed by atoms with E-state index < -0.39 is 11.6 Å². The summed E-state index contributed by atoms with van der Waals surface area (Å²) in [6, 6.07) is 3.48. The summed E-state index contributed by atoms with van der Waals surface area (Å²) in [5.41, 5.74) is 0.529. The molecule has 0 radical (unpaired) electrons. The van der Waals surface area contributed by atoms with Gasteiger partial charge in [0.05, 0.1) is 6.04 Å². The van der Waals surface area contributed by atoms with Crippen LogP contribution in [0.25, 0.3) is 0 Å². The number of carbonyl (C=O) groups is 1. The lowest BCUT2D eigenvalue weighted by Crippen LogP contribution is -2.41. The molecular weight excluding hydrogens is 224 g/mol. The van der Waals surface area contributed by atoms with Crippen molar-refractivity contribution in [2.45, 2.75) is 31.7 Å². The van der Waals surface area contributed by atoms with Gasteiger partial charge in [0.1, 0.15) is 0 Å². The van der Waals surface area contributed by atoms with Crippen LogP contribution < -0.4 is 5.32 Å². The number of Topliss-reactive ketones (excluding diaryl/α,β-unsaturated/α-hetero) is 1. The van der Waals surface area contributed by atoms with E-state index in [2.05, 4.69) is 5.32 Å². The predicted octanol–water partition coefficient (Wildman–Crippen LogP) is 2.22. The van der Waals surface area contributed by atoms with Crippen molar-refractivity contribution in [1.29, 1.82) is 0 Å². The Labute approximate surface area is 99.0 Å². The van der Waals surface area contributed by atoms with E-state index in [-0.39, 0.29) is 18.2 Å². The van der Waals surface area contributed by atoms with Crippen LogP contribution in [0.1, 0.15) is 24.8 Å². The summed E-state index contributed by atoms with van der Waals surface area (Å²) in [7, 11) is 0. The maximum atomic E-state index is 13.0. The number of hydrogen-bond donors (Lipinski definition) is 1. The molecule has 1 aliphatic heterocycles. The minimum atomic E-state index is -0.896. The molecule has 1 aliphatic rings. The monoisotopic (exact) mass is 239 g/mol. The largest absolute Gasteiger partial charge is 0.307 e. The zero-order chi connectivity index (χ0) is 12.3. The van der Waals surface area contributed by atoms with Gasteiger partial charge >= 0.3 is 0 Å². The molecule has 1 saturated heterocycles. The topological polar surface area (TPSA) is 29.1 Å². The zero-order valence-electron chi connectivity index (χ0n) is 9.51. The molecule has 0 bridgehead atoms. The van der Waals surface area contributed by atoms with E-state index in [1.807, 2.05) is 0 Å². The van der Waals surface area contributed by atoms with Crippen LogP contribution in [0.3, 0.4) is 0 Å². The van der Waals surface area contributed by atoms with Crippen molar-refractivity contribution >= 4 is 5.78 Å². The Morgan fingerprint density at radius 3 is 2.76 bits per heavy atom. The summed E-state index contributed by atoms with van der Waals surface area (Å²) in [6.45, 7) is 0.855. The van der Waals surface area contributed by atoms with Gasteiger partial charge in [0.25, 0.3) is 0 Å². The Morgan fingerprint density at radius 2 is 2.12 bits per heavy atom. The maximum Gasteiger partial charge on any atom is 0.159 e. The normalized spacial score (nSPS) is 20.2. The summed E-state index contributed by atoms with van der Waals surface area (Å²) < 4.78 is 25.7. The second-order valence-electron chi connectivity index (χ2n) is 4.39. The average Bonchev–Trinajstić information content (AvgIpc) is 2.35. The first-order valence-electron chi connectivity index (χ1n) is 5.87. The van der Waals surface area contributed by atoms with Crippen molar-refractivity contribution in [3.05, 3.63) is 35.4 Å². The van der Waals surface area contributed by atoms with Crippen LogP contribution in [-0.2, 0) is 11.2 Å². The van der Waals surface area contributed by atoms with Crippen molar-refractivity contribution in [1.82, 2.24) is 5.32 Å². The van der Waals surface area contributed by atoms with E-state index in [9.17, 15) is 13.6 Å². The summed E-state index contributed by atoms with van der Waals surface area (Å²) in [6.07, 6.45) is 3.13. The lowest BCUT2D eigenvalue weighted by Gasteiger charge is -2.22. The number of carbonyl (C=O) groups excluding carboxylic acids is 1. The molecule has 1 fully saturated rings. The van der Waals surface area contributed by atoms with Crippen LogP contribution in [0.2, 0.25) is 0 Å². The first-order valence-corrected chi connectivity index (χ1v) is 5.87. The highest BCUT2D eigenvalue weighted by atomic mass is 19.2. The van der Waals surface area contributed by atoms with Crippen molar-refractivity contribution in [3.8, 4) is 0 Å². The maximum absolute atomic E-state index is 13.0. The van der Waals surface area contributed by atoms with Crippen LogP contribution in [0.5, 0.6) is 0 Å². The SMILES string of the molecule is O=C(Cc1ccc(F)c(F)c1)C1CCCCN1. The van der Waals surface area contributed by atoms with Gasteiger partial charge in [-0.05, 0) is 37.1 Å². The molecule has 1 aromatic rings. The van der Waals surface area contributed by atoms with E-state index in [0.717, 1.165) is 37.9 Å². The number of nitrogens with one attached hydrogen (secondary N) is 1. The van der Waals surface area contributed by atoms with Gasteiger partial charge < -0.3 is 5.32 Å². The number of hydrogen-bond acceptors (Lipinski definition) is 2. The Morgan fingerprint density at radius 1 is 1.29 bits per heavy atom. The molecule has 0 amide bonds. The summed E-state index contributed by atoms with van der Waals surface area (Å²) in [4.78, 5) is 11.9. The zero-order valence-corrected chi connectivity index (χ0v) is 9.51. The highest BCUT2D eigenvalue weighted by Crippen LogP contribution is 2.13. The van der Waals surface area contributed by atoms with Crippen molar-refractivity contribution in [2.24, 2.45) is 0 Å². The number of rotatable bonds is 3. The first kappa shape index (κ1) is 12.2. The third-order valence-corrected chi connectivity index (χ3v) is 3.06. The highest BCUT2D eigenvalue weighted by Gasteiger charge is 2.20. The fourth-order valence-corrected chi connectivity index (χ4v) is 2.10. The Balaban J connectivity index is 1.99. The molecule has 4 heteroatoms. The van der Waals surface area contributed by atoms with Gasteiger partial charge in [0, 0.05) is 6.42 Å². The van der Waals surface area contributed by atoms with E-state index in [4.69, 9.17) is 0 Å². The van der Waals surface area contributed by atoms with Crippen molar-refractivity contribution in [3.63, 3.8) is 0 Å². The molecule has 0 aliphatic carbocycles. The van der Waals surface area contributed by atoms with Crippen LogP contribution in [0, 0.1) is 11.6 Å². The van der Waals surface area contributed by atoms with Gasteiger partial charge in [-0.3, -0.25) is 4.79 Å². The number of ketones is 1. The van der Waals surface area contributed by atoms with Gasteiger partial charge in [0.15, 0.2) is 17.4 Å². The molecule has 2 nitrogen and oxygen atoms in total. The fraction of sp³-hybridized carbons (Fsp3) is 0.462. The molecule has 1 atom stereocenters. The van der Waals surface area contributed by atoms with Gasteiger partial charge in [0.2, 0.25) is 0 Å².